The monoisotopic (exact) mass is 1010 g/mol. The van der Waals surface area contributed by atoms with Crippen molar-refractivity contribution < 1.29 is 45.6 Å². The number of aromatic nitrogens is 4. The molecule has 3 aromatic heterocycles. The first-order valence-electron chi connectivity index (χ1n) is 23.6. The van der Waals surface area contributed by atoms with E-state index in [0.717, 1.165) is 11.1 Å². The van der Waals surface area contributed by atoms with Crippen molar-refractivity contribution in [3.8, 4) is 46.0 Å². The zero-order valence-corrected chi connectivity index (χ0v) is 43.0. The summed E-state index contributed by atoms with van der Waals surface area (Å²) in [5, 5.41) is 4.08. The lowest BCUT2D eigenvalue weighted by Gasteiger charge is -2.38. The molecule has 7 aromatic rings. The van der Waals surface area contributed by atoms with Gasteiger partial charge < -0.3 is 33.9 Å². The highest BCUT2D eigenvalue weighted by Crippen LogP contribution is 2.43. The van der Waals surface area contributed by atoms with Crippen molar-refractivity contribution in [3.05, 3.63) is 131 Å². The highest BCUT2D eigenvalue weighted by Gasteiger charge is 2.42. The van der Waals surface area contributed by atoms with Crippen LogP contribution in [0.25, 0.3) is 32.9 Å². The first-order chi connectivity index (χ1) is 34.4. The fraction of sp³-hybridized carbons (Fsp3) is 0.345. The van der Waals surface area contributed by atoms with E-state index in [0.29, 0.717) is 41.4 Å². The molecule has 3 heterocycles. The van der Waals surface area contributed by atoms with Crippen molar-refractivity contribution >= 4 is 41.4 Å². The Bertz CT molecular complexity index is 3000. The second kappa shape index (κ2) is 22.6. The predicted octanol–water partition coefficient (Wildman–Crippen LogP) is 13.4. The molecule has 11 nitrogen and oxygen atoms in total. The van der Waals surface area contributed by atoms with Crippen LogP contribution in [-0.2, 0) is 17.8 Å². The van der Waals surface area contributed by atoms with Gasteiger partial charge in [-0.1, -0.05) is 83.9 Å². The standard InChI is InChI=1S/C55H59F5N6O5Si/c1-33(2)72(34(3)4,35(5)6)25-23-44-47(56)22-17-39-26-42(71-32-67-8)27-45(48(39)44)50-49(57)51-46(28-62-50)52(65-54(64-51)70-31-55(58,59)60)63-36(7)43-12-11-24-61-53(43)66(29-37-13-18-40(68-9)19-14-37)30-38-15-20-41(69-10)21-16-38/h11-22,24,26-28,33-36H,29-32H2,1-10H3,(H,63,64,65). The van der Waals surface area contributed by atoms with Crippen LogP contribution >= 0.6 is 0 Å². The number of fused-ring (bicyclic) bond motifs is 2. The molecule has 0 fully saturated rings. The Hall–Kier alpha value is -7.03. The Labute approximate surface area is 418 Å². The van der Waals surface area contributed by atoms with E-state index in [9.17, 15) is 13.2 Å². The Morgan fingerprint density at radius 1 is 0.736 bits per heavy atom. The Kier molecular flexibility index (Phi) is 16.6. The normalized spacial score (nSPS) is 12.3. The maximum absolute atomic E-state index is 17.7. The lowest BCUT2D eigenvalue weighted by Crippen LogP contribution is -2.43. The van der Waals surface area contributed by atoms with E-state index in [4.69, 9.17) is 28.7 Å². The van der Waals surface area contributed by atoms with Crippen molar-refractivity contribution in [2.75, 3.05) is 44.9 Å². The number of pyridine rings is 2. The molecule has 1 atom stereocenters. The molecule has 7 rings (SSSR count). The number of nitrogens with zero attached hydrogens (tertiary/aromatic N) is 5. The van der Waals surface area contributed by atoms with E-state index < -0.39 is 50.1 Å². The van der Waals surface area contributed by atoms with Gasteiger partial charge in [-0.15, -0.1) is 5.54 Å². The zero-order chi connectivity index (χ0) is 51.9. The van der Waals surface area contributed by atoms with Gasteiger partial charge in [0, 0.05) is 49.1 Å². The Morgan fingerprint density at radius 3 is 1.93 bits per heavy atom. The number of methoxy groups -OCH3 is 3. The van der Waals surface area contributed by atoms with E-state index >= 15 is 8.78 Å². The molecular weight excluding hydrogens is 948 g/mol. The van der Waals surface area contributed by atoms with E-state index in [1.807, 2.05) is 61.5 Å². The Balaban J connectivity index is 1.38. The lowest BCUT2D eigenvalue weighted by atomic mass is 9.95. The third-order valence-electron chi connectivity index (χ3n) is 12.9. The molecule has 0 saturated carbocycles. The minimum Gasteiger partial charge on any atom is -0.497 e. The predicted molar refractivity (Wildman–Crippen MR) is 274 cm³/mol. The molecule has 378 valence electrons. The van der Waals surface area contributed by atoms with Gasteiger partial charge in [-0.2, -0.15) is 23.1 Å². The number of anilines is 2. The second-order valence-electron chi connectivity index (χ2n) is 18.5. The first kappa shape index (κ1) is 52.8. The average molecular weight is 1010 g/mol. The number of nitrogens with one attached hydrogen (secondary N) is 1. The third kappa shape index (κ3) is 11.7. The lowest BCUT2D eigenvalue weighted by molar-refractivity contribution is -0.154. The summed E-state index contributed by atoms with van der Waals surface area (Å²) in [6.07, 6.45) is -1.77. The number of benzene rings is 4. The summed E-state index contributed by atoms with van der Waals surface area (Å²) in [7, 11) is 2.24. The summed E-state index contributed by atoms with van der Waals surface area (Å²) in [5.41, 5.74) is 6.39. The molecule has 17 heteroatoms. The van der Waals surface area contributed by atoms with E-state index in [2.05, 4.69) is 78.2 Å². The zero-order valence-electron chi connectivity index (χ0n) is 42.0. The maximum atomic E-state index is 17.7. The number of halogens is 5. The molecule has 0 radical (unpaired) electrons. The largest absolute Gasteiger partial charge is 0.497 e. The molecule has 0 spiro atoms. The number of hydrogen-bond donors (Lipinski definition) is 1. The number of ether oxygens (including phenoxy) is 5. The van der Waals surface area contributed by atoms with Crippen molar-refractivity contribution in [1.82, 2.24) is 19.9 Å². The van der Waals surface area contributed by atoms with E-state index in [1.165, 1.54) is 25.4 Å². The minimum absolute atomic E-state index is 0.0325. The number of alkyl halides is 3. The molecule has 1 unspecified atom stereocenters. The molecular formula is C55H59F5N6O5Si. The molecule has 0 aliphatic carbocycles. The Morgan fingerprint density at radius 2 is 1.36 bits per heavy atom. The van der Waals surface area contributed by atoms with E-state index in [-0.39, 0.29) is 62.6 Å². The minimum atomic E-state index is -4.77. The highest BCUT2D eigenvalue weighted by molar-refractivity contribution is 6.90. The van der Waals surface area contributed by atoms with Gasteiger partial charge in [-0.25, -0.2) is 13.8 Å². The summed E-state index contributed by atoms with van der Waals surface area (Å²) >= 11 is 0. The van der Waals surface area contributed by atoms with Crippen LogP contribution in [0.2, 0.25) is 16.6 Å². The van der Waals surface area contributed by atoms with Gasteiger partial charge in [0.05, 0.1) is 31.2 Å². The molecule has 0 aliphatic heterocycles. The van der Waals surface area contributed by atoms with Gasteiger partial charge in [-0.3, -0.25) is 4.98 Å². The van der Waals surface area contributed by atoms with Crippen molar-refractivity contribution in [1.29, 1.82) is 0 Å². The number of rotatable bonds is 19. The van der Waals surface area contributed by atoms with Crippen LogP contribution < -0.4 is 29.2 Å². The molecule has 0 amide bonds. The molecule has 4 aromatic carbocycles. The summed E-state index contributed by atoms with van der Waals surface area (Å²) < 4.78 is 102. The highest BCUT2D eigenvalue weighted by atomic mass is 28.3. The maximum Gasteiger partial charge on any atom is 0.422 e. The summed E-state index contributed by atoms with van der Waals surface area (Å²) in [6.45, 7) is 13.7. The van der Waals surface area contributed by atoms with E-state index in [1.54, 1.807) is 38.6 Å². The number of hydrogen-bond acceptors (Lipinski definition) is 11. The van der Waals surface area contributed by atoms with Crippen LogP contribution in [0.15, 0.2) is 97.3 Å². The summed E-state index contributed by atoms with van der Waals surface area (Å²) in [6, 6.07) is 23.6. The van der Waals surface area contributed by atoms with Crippen LogP contribution in [0.3, 0.4) is 0 Å². The van der Waals surface area contributed by atoms with Crippen LogP contribution in [0.5, 0.6) is 23.3 Å². The van der Waals surface area contributed by atoms with Gasteiger partial charge in [0.25, 0.3) is 0 Å². The molecule has 1 N–H and O–H groups in total. The summed E-state index contributed by atoms with van der Waals surface area (Å²) in [5.74, 6) is 3.79. The molecule has 0 saturated heterocycles. The fourth-order valence-electron chi connectivity index (χ4n) is 9.48. The van der Waals surface area contributed by atoms with Crippen molar-refractivity contribution in [2.24, 2.45) is 0 Å². The third-order valence-corrected chi connectivity index (χ3v) is 19.2. The van der Waals surface area contributed by atoms with Gasteiger partial charge in [-0.05, 0) is 88.6 Å². The second-order valence-corrected chi connectivity index (χ2v) is 24.0. The molecule has 0 aliphatic rings. The summed E-state index contributed by atoms with van der Waals surface area (Å²) in [4.78, 5) is 20.1. The SMILES string of the molecule is COCOc1cc(-c2ncc3c(NC(C)c4cccnc4N(Cc4ccc(OC)cc4)Cc4ccc(OC)cc4)nc(OCC(F)(F)F)nc3c2F)c2c(C#C[Si](C(C)C)(C(C)C)C(C)C)c(F)ccc2c1. The molecule has 0 bridgehead atoms. The first-order valence-corrected chi connectivity index (χ1v) is 25.8. The van der Waals surface area contributed by atoms with Gasteiger partial charge in [0.1, 0.15) is 54.0 Å². The van der Waals surface area contributed by atoms with Crippen LogP contribution in [0.4, 0.5) is 33.6 Å². The quantitative estimate of drug-likeness (QED) is 0.0362. The van der Waals surface area contributed by atoms with Crippen molar-refractivity contribution in [2.45, 2.75) is 90.4 Å². The van der Waals surface area contributed by atoms with Gasteiger partial charge >= 0.3 is 12.2 Å². The van der Waals surface area contributed by atoms with Gasteiger partial charge in [0.15, 0.2) is 19.2 Å². The average Bonchev–Trinajstić information content (AvgIpc) is 3.35. The topological polar surface area (TPSA) is 113 Å². The van der Waals surface area contributed by atoms with Gasteiger partial charge in [0.2, 0.25) is 0 Å². The van der Waals surface area contributed by atoms with Crippen molar-refractivity contribution in [3.63, 3.8) is 0 Å². The smallest absolute Gasteiger partial charge is 0.422 e. The molecule has 72 heavy (non-hydrogen) atoms. The van der Waals surface area contributed by atoms with Crippen LogP contribution in [0, 0.1) is 23.1 Å². The van der Waals surface area contributed by atoms with Crippen LogP contribution in [0.1, 0.15) is 76.8 Å². The van der Waals surface area contributed by atoms with Crippen LogP contribution in [-0.4, -0.2) is 68.9 Å². The fourth-order valence-corrected chi connectivity index (χ4v) is 14.7.